The number of ether oxygens (including phenoxy) is 2. The zero-order chi connectivity index (χ0) is 22.6. The number of piperidine rings is 1. The largest absolute Gasteiger partial charge is 0.493 e. The first kappa shape index (κ1) is 22.8. The van der Waals surface area contributed by atoms with Crippen LogP contribution in [-0.4, -0.2) is 51.7 Å². The van der Waals surface area contributed by atoms with Gasteiger partial charge in [-0.25, -0.2) is 8.42 Å². The van der Waals surface area contributed by atoms with Crippen molar-refractivity contribution >= 4 is 27.4 Å². The van der Waals surface area contributed by atoms with Crippen LogP contribution in [0.2, 0.25) is 0 Å². The molecule has 0 radical (unpaired) electrons. The fourth-order valence-corrected chi connectivity index (χ4v) is 5.10. The van der Waals surface area contributed by atoms with Gasteiger partial charge in [-0.05, 0) is 44.0 Å². The number of carbonyl (C=O) groups excluding carboxylic acids is 2. The lowest BCUT2D eigenvalue weighted by molar-refractivity contribution is -0.120. The topological polar surface area (TPSA) is 102 Å². The summed E-state index contributed by atoms with van der Waals surface area (Å²) in [6.45, 7) is 1.90. The van der Waals surface area contributed by atoms with Crippen molar-refractivity contribution in [2.75, 3.05) is 32.6 Å². The molecule has 1 aliphatic rings. The predicted molar refractivity (Wildman–Crippen MR) is 116 cm³/mol. The van der Waals surface area contributed by atoms with Gasteiger partial charge >= 0.3 is 0 Å². The van der Waals surface area contributed by atoms with E-state index in [1.807, 2.05) is 0 Å². The summed E-state index contributed by atoms with van der Waals surface area (Å²) < 4.78 is 37.8. The minimum atomic E-state index is -3.72. The number of carbonyl (C=O) groups is 2. The molecule has 31 heavy (non-hydrogen) atoms. The molecule has 1 aliphatic heterocycles. The van der Waals surface area contributed by atoms with Crippen molar-refractivity contribution in [3.05, 3.63) is 48.0 Å². The van der Waals surface area contributed by atoms with E-state index in [2.05, 4.69) is 5.32 Å². The van der Waals surface area contributed by atoms with Crippen LogP contribution in [0, 0.1) is 5.92 Å². The minimum Gasteiger partial charge on any atom is -0.493 e. The molecule has 0 aromatic heterocycles. The lowest BCUT2D eigenvalue weighted by Crippen LogP contribution is -2.41. The number of hydrogen-bond donors (Lipinski definition) is 1. The van der Waals surface area contributed by atoms with Crippen molar-refractivity contribution < 1.29 is 27.5 Å². The summed E-state index contributed by atoms with van der Waals surface area (Å²) in [5.74, 6) is 0.102. The van der Waals surface area contributed by atoms with Crippen LogP contribution in [0.4, 0.5) is 5.69 Å². The highest BCUT2D eigenvalue weighted by atomic mass is 32.2. The Labute approximate surface area is 182 Å². The van der Waals surface area contributed by atoms with Gasteiger partial charge in [0.05, 0.1) is 24.8 Å². The molecule has 2 aromatic carbocycles. The molecule has 0 saturated carbocycles. The Hall–Kier alpha value is -2.91. The summed E-state index contributed by atoms with van der Waals surface area (Å²) >= 11 is 0. The molecule has 1 N–H and O–H groups in total. The first-order valence-electron chi connectivity index (χ1n) is 9.91. The van der Waals surface area contributed by atoms with E-state index in [1.54, 1.807) is 30.3 Å². The van der Waals surface area contributed by atoms with Crippen molar-refractivity contribution in [1.29, 1.82) is 0 Å². The Morgan fingerprint density at radius 1 is 1.00 bits per heavy atom. The van der Waals surface area contributed by atoms with Gasteiger partial charge in [0.1, 0.15) is 0 Å². The first-order chi connectivity index (χ1) is 14.8. The van der Waals surface area contributed by atoms with E-state index in [4.69, 9.17) is 9.47 Å². The smallest absolute Gasteiger partial charge is 0.243 e. The Morgan fingerprint density at radius 2 is 1.65 bits per heavy atom. The van der Waals surface area contributed by atoms with Gasteiger partial charge in [0.25, 0.3) is 0 Å². The Bertz CT molecular complexity index is 1080. The number of ketones is 1. The maximum absolute atomic E-state index is 13.0. The summed E-state index contributed by atoms with van der Waals surface area (Å²) in [5, 5.41) is 2.82. The third-order valence-electron chi connectivity index (χ3n) is 5.38. The number of methoxy groups -OCH3 is 2. The molecular weight excluding hydrogens is 420 g/mol. The Balaban J connectivity index is 1.68. The minimum absolute atomic E-state index is 0.114. The van der Waals surface area contributed by atoms with Crippen LogP contribution >= 0.6 is 0 Å². The molecule has 2 aromatic rings. The zero-order valence-corrected chi connectivity index (χ0v) is 18.6. The number of rotatable bonds is 7. The molecule has 0 bridgehead atoms. The molecule has 0 aliphatic carbocycles. The average Bonchev–Trinajstić information content (AvgIpc) is 2.78. The summed E-state index contributed by atoms with van der Waals surface area (Å²) in [5.41, 5.74) is 0.921. The number of Topliss-reactive ketones (excluding diaryl/α,β-unsaturated/α-hetero) is 1. The summed E-state index contributed by atoms with van der Waals surface area (Å²) in [6.07, 6.45) is 0.779. The number of benzene rings is 2. The Kier molecular flexibility index (Phi) is 6.97. The predicted octanol–water partition coefficient (Wildman–Crippen LogP) is 2.95. The lowest BCUT2D eigenvalue weighted by atomic mass is 9.97. The number of sulfonamides is 1. The molecule has 0 spiro atoms. The standard InChI is InChI=1S/C22H26N2O6S/c1-15(25)18-6-4-5-7-19(18)23-22(26)16-10-12-24(13-11-16)31(27,28)17-8-9-20(29-2)21(14-17)30-3/h4-9,14,16H,10-13H2,1-3H3,(H,23,26). The zero-order valence-electron chi connectivity index (χ0n) is 17.8. The second kappa shape index (κ2) is 9.49. The van der Waals surface area contributed by atoms with E-state index in [0.717, 1.165) is 0 Å². The Morgan fingerprint density at radius 3 is 2.26 bits per heavy atom. The van der Waals surface area contributed by atoms with Crippen LogP contribution in [0.25, 0.3) is 0 Å². The fraction of sp³-hybridized carbons (Fsp3) is 0.364. The van der Waals surface area contributed by atoms with Crippen LogP contribution < -0.4 is 14.8 Å². The van der Waals surface area contributed by atoms with E-state index in [-0.39, 0.29) is 35.6 Å². The van der Waals surface area contributed by atoms with E-state index in [9.17, 15) is 18.0 Å². The van der Waals surface area contributed by atoms with Crippen LogP contribution in [0.1, 0.15) is 30.1 Å². The van der Waals surface area contributed by atoms with Crippen molar-refractivity contribution in [2.45, 2.75) is 24.7 Å². The van der Waals surface area contributed by atoms with E-state index in [1.165, 1.54) is 37.6 Å². The van der Waals surface area contributed by atoms with E-state index >= 15 is 0 Å². The molecule has 0 unspecified atom stereocenters. The lowest BCUT2D eigenvalue weighted by Gasteiger charge is -2.30. The second-order valence-corrected chi connectivity index (χ2v) is 9.22. The van der Waals surface area contributed by atoms with Crippen molar-refractivity contribution in [2.24, 2.45) is 5.92 Å². The number of para-hydroxylation sites is 1. The summed E-state index contributed by atoms with van der Waals surface area (Å²) in [4.78, 5) is 24.6. The fourth-order valence-electron chi connectivity index (χ4n) is 3.62. The van der Waals surface area contributed by atoms with Gasteiger partial charge in [-0.15, -0.1) is 0 Å². The quantitative estimate of drug-likeness (QED) is 0.656. The van der Waals surface area contributed by atoms with Crippen molar-refractivity contribution in [3.63, 3.8) is 0 Å². The van der Waals surface area contributed by atoms with Crippen LogP contribution in [0.5, 0.6) is 11.5 Å². The van der Waals surface area contributed by atoms with Crippen LogP contribution in [0.15, 0.2) is 47.4 Å². The average molecular weight is 447 g/mol. The third kappa shape index (κ3) is 4.88. The highest BCUT2D eigenvalue weighted by Gasteiger charge is 2.32. The maximum atomic E-state index is 13.0. The van der Waals surface area contributed by atoms with Crippen LogP contribution in [-0.2, 0) is 14.8 Å². The molecule has 3 rings (SSSR count). The number of nitrogens with one attached hydrogen (secondary N) is 1. The van der Waals surface area contributed by atoms with Crippen molar-refractivity contribution in [1.82, 2.24) is 4.31 Å². The molecule has 8 nitrogen and oxygen atoms in total. The molecule has 166 valence electrons. The molecule has 1 saturated heterocycles. The van der Waals surface area contributed by atoms with Crippen molar-refractivity contribution in [3.8, 4) is 11.5 Å². The van der Waals surface area contributed by atoms with Gasteiger partial charge in [-0.2, -0.15) is 4.31 Å². The molecule has 1 amide bonds. The number of hydrogen-bond acceptors (Lipinski definition) is 6. The number of nitrogens with zero attached hydrogens (tertiary/aromatic N) is 1. The van der Waals surface area contributed by atoms with Gasteiger partial charge in [0, 0.05) is 30.6 Å². The van der Waals surface area contributed by atoms with Crippen LogP contribution in [0.3, 0.4) is 0 Å². The summed E-state index contributed by atoms with van der Waals surface area (Å²) in [7, 11) is -0.794. The molecule has 1 heterocycles. The van der Waals surface area contributed by atoms with E-state index in [0.29, 0.717) is 35.6 Å². The molecular formula is C22H26N2O6S. The van der Waals surface area contributed by atoms with Gasteiger partial charge in [0.2, 0.25) is 15.9 Å². The molecule has 9 heteroatoms. The van der Waals surface area contributed by atoms with Gasteiger partial charge in [-0.1, -0.05) is 12.1 Å². The maximum Gasteiger partial charge on any atom is 0.243 e. The van der Waals surface area contributed by atoms with E-state index < -0.39 is 10.0 Å². The normalized spacial score (nSPS) is 15.3. The molecule has 0 atom stereocenters. The number of anilines is 1. The third-order valence-corrected chi connectivity index (χ3v) is 7.28. The SMILES string of the molecule is COc1ccc(S(=O)(=O)N2CCC(C(=O)Nc3ccccc3C(C)=O)CC2)cc1OC. The monoisotopic (exact) mass is 446 g/mol. The summed E-state index contributed by atoms with van der Waals surface area (Å²) in [6, 6.07) is 11.3. The van der Waals surface area contributed by atoms with Gasteiger partial charge in [-0.3, -0.25) is 9.59 Å². The number of amides is 1. The molecule has 1 fully saturated rings. The van der Waals surface area contributed by atoms with Gasteiger partial charge < -0.3 is 14.8 Å². The van der Waals surface area contributed by atoms with Gasteiger partial charge in [0.15, 0.2) is 17.3 Å². The first-order valence-corrected chi connectivity index (χ1v) is 11.3. The second-order valence-electron chi connectivity index (χ2n) is 7.29. The highest BCUT2D eigenvalue weighted by molar-refractivity contribution is 7.89. The highest BCUT2D eigenvalue weighted by Crippen LogP contribution is 2.32.